The minimum absolute atomic E-state index is 0.0817. The maximum Gasteiger partial charge on any atom is 0.271 e. The lowest BCUT2D eigenvalue weighted by atomic mass is 9.99. The second-order valence-electron chi connectivity index (χ2n) is 5.80. The molecule has 2 N–H and O–H groups in total. The van der Waals surface area contributed by atoms with Crippen LogP contribution < -0.4 is 10.0 Å². The van der Waals surface area contributed by atoms with Crippen LogP contribution in [0.2, 0.25) is 0 Å². The van der Waals surface area contributed by atoms with E-state index in [4.69, 9.17) is 5.14 Å². The fourth-order valence-electron chi connectivity index (χ4n) is 3.08. The normalized spacial score (nSPS) is 17.9. The van der Waals surface area contributed by atoms with E-state index in [1.54, 1.807) is 0 Å². The maximum absolute atomic E-state index is 11.8. The van der Waals surface area contributed by atoms with Crippen LogP contribution in [-0.2, 0) is 10.0 Å². The minimum Gasteiger partial charge on any atom is -0.370 e. The van der Waals surface area contributed by atoms with Gasteiger partial charge in [0, 0.05) is 31.1 Å². The van der Waals surface area contributed by atoms with Crippen LogP contribution in [0.5, 0.6) is 0 Å². The van der Waals surface area contributed by atoms with E-state index in [0.29, 0.717) is 18.8 Å². The van der Waals surface area contributed by atoms with Crippen molar-refractivity contribution in [3.63, 3.8) is 0 Å². The first kappa shape index (κ1) is 16.4. The Kier molecular flexibility index (Phi) is 4.25. The first-order valence-corrected chi connectivity index (χ1v) is 9.02. The molecule has 7 nitrogen and oxygen atoms in total. The Bertz CT molecular complexity index is 868. The summed E-state index contributed by atoms with van der Waals surface area (Å²) in [5.41, 5.74) is 1.31. The molecule has 8 heteroatoms. The first-order valence-electron chi connectivity index (χ1n) is 7.47. The quantitative estimate of drug-likeness (QED) is 0.674. The summed E-state index contributed by atoms with van der Waals surface area (Å²) in [6.07, 6.45) is 0.844. The molecule has 0 aliphatic carbocycles. The van der Waals surface area contributed by atoms with Crippen LogP contribution in [0.1, 0.15) is 17.9 Å². The van der Waals surface area contributed by atoms with Gasteiger partial charge in [-0.2, -0.15) is 0 Å². The lowest BCUT2D eigenvalue weighted by Gasteiger charge is -2.21. The Balaban J connectivity index is 1.97. The molecule has 24 heavy (non-hydrogen) atoms. The average Bonchev–Trinajstić information content (AvgIpc) is 3.04. The summed E-state index contributed by atoms with van der Waals surface area (Å²) < 4.78 is 23.6. The van der Waals surface area contributed by atoms with Gasteiger partial charge in [0.2, 0.25) is 10.0 Å². The van der Waals surface area contributed by atoms with E-state index in [0.717, 1.165) is 12.5 Å². The van der Waals surface area contributed by atoms with Crippen molar-refractivity contribution in [3.8, 4) is 0 Å². The van der Waals surface area contributed by atoms with Gasteiger partial charge in [-0.3, -0.25) is 10.1 Å². The molecule has 0 amide bonds. The van der Waals surface area contributed by atoms with E-state index < -0.39 is 14.9 Å². The summed E-state index contributed by atoms with van der Waals surface area (Å²) in [6, 6.07) is 13.6. The molecule has 1 aliphatic rings. The van der Waals surface area contributed by atoms with Crippen LogP contribution in [0.25, 0.3) is 0 Å². The summed E-state index contributed by atoms with van der Waals surface area (Å²) >= 11 is 0. The van der Waals surface area contributed by atoms with Crippen LogP contribution in [-0.4, -0.2) is 26.4 Å². The van der Waals surface area contributed by atoms with E-state index in [1.165, 1.54) is 17.7 Å². The fraction of sp³-hybridized carbons (Fsp3) is 0.250. The van der Waals surface area contributed by atoms with Gasteiger partial charge in [-0.1, -0.05) is 30.3 Å². The van der Waals surface area contributed by atoms with E-state index in [2.05, 4.69) is 0 Å². The highest BCUT2D eigenvalue weighted by molar-refractivity contribution is 7.89. The molecule has 1 atom stereocenters. The van der Waals surface area contributed by atoms with Gasteiger partial charge < -0.3 is 4.90 Å². The molecule has 126 valence electrons. The Morgan fingerprint density at radius 1 is 1.17 bits per heavy atom. The smallest absolute Gasteiger partial charge is 0.271 e. The number of nitro groups is 1. The van der Waals surface area contributed by atoms with Crippen molar-refractivity contribution in [2.45, 2.75) is 17.2 Å². The largest absolute Gasteiger partial charge is 0.370 e. The third-order valence-electron chi connectivity index (χ3n) is 4.26. The first-order chi connectivity index (χ1) is 11.4. The average molecular weight is 347 g/mol. The second kappa shape index (κ2) is 6.21. The van der Waals surface area contributed by atoms with Crippen molar-refractivity contribution in [2.24, 2.45) is 5.14 Å². The third-order valence-corrected chi connectivity index (χ3v) is 5.22. The van der Waals surface area contributed by atoms with Gasteiger partial charge in [-0.15, -0.1) is 0 Å². The highest BCUT2D eigenvalue weighted by atomic mass is 32.2. The number of sulfonamides is 1. The Morgan fingerprint density at radius 3 is 2.50 bits per heavy atom. The topological polar surface area (TPSA) is 107 Å². The molecule has 0 aromatic heterocycles. The van der Waals surface area contributed by atoms with E-state index >= 15 is 0 Å². The van der Waals surface area contributed by atoms with Crippen molar-refractivity contribution in [2.75, 3.05) is 18.0 Å². The Labute approximate surface area is 139 Å². The number of non-ortho nitro benzene ring substituents is 1. The summed E-state index contributed by atoms with van der Waals surface area (Å²) in [7, 11) is -3.96. The van der Waals surface area contributed by atoms with Gasteiger partial charge in [-0.25, -0.2) is 13.6 Å². The summed E-state index contributed by atoms with van der Waals surface area (Å²) in [5.74, 6) is 0.249. The van der Waals surface area contributed by atoms with Gasteiger partial charge in [0.15, 0.2) is 0 Å². The van der Waals surface area contributed by atoms with Gasteiger partial charge in [-0.05, 0) is 18.1 Å². The molecule has 1 saturated heterocycles. The SMILES string of the molecule is NS(=O)(=O)c1ccc([N+](=O)[O-])cc1N1CC[C@@H](c2ccccc2)C1. The van der Waals surface area contributed by atoms with Crippen molar-refractivity contribution < 1.29 is 13.3 Å². The number of nitro benzene ring substituents is 1. The molecule has 3 rings (SSSR count). The van der Waals surface area contributed by atoms with Crippen LogP contribution in [0, 0.1) is 10.1 Å². The molecule has 0 radical (unpaired) electrons. The molecule has 0 bridgehead atoms. The molecule has 2 aromatic carbocycles. The summed E-state index contributed by atoms with van der Waals surface area (Å²) in [5, 5.41) is 16.3. The molecule has 2 aromatic rings. The molecular formula is C16H17N3O4S. The zero-order valence-corrected chi connectivity index (χ0v) is 13.6. The molecule has 0 spiro atoms. The van der Waals surface area contributed by atoms with Gasteiger partial charge in [0.25, 0.3) is 5.69 Å². The van der Waals surface area contributed by atoms with Gasteiger partial charge in [0.05, 0.1) is 10.6 Å². The van der Waals surface area contributed by atoms with Gasteiger partial charge >= 0.3 is 0 Å². The van der Waals surface area contributed by atoms with Crippen LogP contribution in [0.15, 0.2) is 53.4 Å². The van der Waals surface area contributed by atoms with Crippen molar-refractivity contribution in [3.05, 3.63) is 64.2 Å². The molecule has 0 saturated carbocycles. The van der Waals surface area contributed by atoms with Crippen molar-refractivity contribution in [1.29, 1.82) is 0 Å². The number of nitrogens with zero attached hydrogens (tertiary/aromatic N) is 2. The second-order valence-corrected chi connectivity index (χ2v) is 7.33. The zero-order chi connectivity index (χ0) is 17.3. The lowest BCUT2D eigenvalue weighted by Crippen LogP contribution is -2.24. The number of rotatable bonds is 4. The standard InChI is InChI=1S/C16H17N3O4S/c17-24(22,23)16-7-6-14(19(20)21)10-15(16)18-9-8-13(11-18)12-4-2-1-3-5-12/h1-7,10,13H,8-9,11H2,(H2,17,22,23)/t13-/m1/s1. The summed E-state index contributed by atoms with van der Waals surface area (Å²) in [6.45, 7) is 1.21. The predicted octanol–water partition coefficient (Wildman–Crippen LogP) is 2.24. The Morgan fingerprint density at radius 2 is 1.88 bits per heavy atom. The van der Waals surface area contributed by atoms with Crippen LogP contribution >= 0.6 is 0 Å². The lowest BCUT2D eigenvalue weighted by molar-refractivity contribution is -0.384. The van der Waals surface area contributed by atoms with Crippen molar-refractivity contribution >= 4 is 21.4 Å². The minimum atomic E-state index is -3.96. The number of hydrogen-bond donors (Lipinski definition) is 1. The number of anilines is 1. The zero-order valence-electron chi connectivity index (χ0n) is 12.8. The number of benzene rings is 2. The molecule has 1 fully saturated rings. The predicted molar refractivity (Wildman–Crippen MR) is 90.5 cm³/mol. The molecule has 0 unspecified atom stereocenters. The molecule has 1 heterocycles. The molecular weight excluding hydrogens is 330 g/mol. The van der Waals surface area contributed by atoms with E-state index in [9.17, 15) is 18.5 Å². The number of nitrogens with two attached hydrogens (primary N) is 1. The number of primary sulfonamides is 1. The van der Waals surface area contributed by atoms with E-state index in [-0.39, 0.29) is 16.5 Å². The van der Waals surface area contributed by atoms with Crippen LogP contribution in [0.4, 0.5) is 11.4 Å². The monoisotopic (exact) mass is 347 g/mol. The highest BCUT2D eigenvalue weighted by Crippen LogP contribution is 2.35. The summed E-state index contributed by atoms with van der Waals surface area (Å²) in [4.78, 5) is 12.3. The fourth-order valence-corrected chi connectivity index (χ4v) is 3.82. The van der Waals surface area contributed by atoms with E-state index in [1.807, 2.05) is 35.2 Å². The maximum atomic E-state index is 11.8. The van der Waals surface area contributed by atoms with Crippen molar-refractivity contribution in [1.82, 2.24) is 0 Å². The highest BCUT2D eigenvalue weighted by Gasteiger charge is 2.29. The molecule has 1 aliphatic heterocycles. The third kappa shape index (κ3) is 3.24. The number of hydrogen-bond acceptors (Lipinski definition) is 5. The van der Waals surface area contributed by atoms with Crippen LogP contribution in [0.3, 0.4) is 0 Å². The van der Waals surface area contributed by atoms with Gasteiger partial charge in [0.1, 0.15) is 4.90 Å². The Hall–Kier alpha value is -2.45.